The first-order valence-corrected chi connectivity index (χ1v) is 7.08. The van der Waals surface area contributed by atoms with E-state index < -0.39 is 0 Å². The molecule has 0 atom stereocenters. The maximum Gasteiger partial charge on any atom is 0.244 e. The molecule has 0 N–H and O–H groups in total. The van der Waals surface area contributed by atoms with Crippen molar-refractivity contribution >= 4 is 11.5 Å². The van der Waals surface area contributed by atoms with Crippen LogP contribution >= 0.6 is 0 Å². The zero-order valence-corrected chi connectivity index (χ0v) is 12.4. The third kappa shape index (κ3) is 2.89. The Morgan fingerprint density at radius 3 is 2.81 bits per heavy atom. The van der Waals surface area contributed by atoms with Crippen molar-refractivity contribution < 1.29 is 4.79 Å². The summed E-state index contributed by atoms with van der Waals surface area (Å²) in [5.41, 5.74) is 3.46. The topological polar surface area (TPSA) is 56.0 Å². The highest BCUT2D eigenvalue weighted by molar-refractivity contribution is 5.77. The standard InChI is InChI=1S/C15H19N5O/c1-12-9-17-20(10-12)11-15(21)19-7-4-13(5-8-19)14-3-6-16-18(14)2/h3-4,6,9-10H,5,7-8,11H2,1-2H3. The summed E-state index contributed by atoms with van der Waals surface area (Å²) in [5, 5.41) is 8.35. The highest BCUT2D eigenvalue weighted by Crippen LogP contribution is 2.21. The fourth-order valence-corrected chi connectivity index (χ4v) is 2.61. The Kier molecular flexibility index (Phi) is 3.60. The van der Waals surface area contributed by atoms with E-state index in [1.807, 2.05) is 35.8 Å². The van der Waals surface area contributed by atoms with Gasteiger partial charge >= 0.3 is 0 Å². The number of carbonyl (C=O) groups is 1. The van der Waals surface area contributed by atoms with Crippen LogP contribution in [0.2, 0.25) is 0 Å². The van der Waals surface area contributed by atoms with Gasteiger partial charge in [-0.1, -0.05) is 6.08 Å². The van der Waals surface area contributed by atoms with Gasteiger partial charge in [0.15, 0.2) is 0 Å². The lowest BCUT2D eigenvalue weighted by atomic mass is 10.0. The molecule has 3 heterocycles. The molecular weight excluding hydrogens is 266 g/mol. The van der Waals surface area contributed by atoms with Crippen LogP contribution in [0.3, 0.4) is 0 Å². The van der Waals surface area contributed by atoms with E-state index in [2.05, 4.69) is 16.3 Å². The van der Waals surface area contributed by atoms with E-state index in [0.717, 1.165) is 24.2 Å². The molecule has 0 fully saturated rings. The summed E-state index contributed by atoms with van der Waals surface area (Å²) in [6, 6.07) is 2.01. The Morgan fingerprint density at radius 2 is 2.24 bits per heavy atom. The van der Waals surface area contributed by atoms with Crippen LogP contribution < -0.4 is 0 Å². The van der Waals surface area contributed by atoms with Gasteiger partial charge in [0, 0.05) is 32.5 Å². The van der Waals surface area contributed by atoms with Gasteiger partial charge in [0.25, 0.3) is 0 Å². The highest BCUT2D eigenvalue weighted by Gasteiger charge is 2.19. The number of amides is 1. The van der Waals surface area contributed by atoms with Crippen molar-refractivity contribution in [3.8, 4) is 0 Å². The molecule has 0 saturated carbocycles. The van der Waals surface area contributed by atoms with Crippen molar-refractivity contribution in [2.75, 3.05) is 13.1 Å². The maximum absolute atomic E-state index is 12.3. The molecule has 0 aliphatic carbocycles. The predicted octanol–water partition coefficient (Wildman–Crippen LogP) is 1.24. The Balaban J connectivity index is 1.63. The number of aryl methyl sites for hydroxylation is 2. The molecular formula is C15H19N5O. The summed E-state index contributed by atoms with van der Waals surface area (Å²) < 4.78 is 3.56. The van der Waals surface area contributed by atoms with E-state index in [-0.39, 0.29) is 5.91 Å². The average Bonchev–Trinajstić information content (AvgIpc) is 3.08. The van der Waals surface area contributed by atoms with E-state index >= 15 is 0 Å². The Labute approximate surface area is 123 Å². The second kappa shape index (κ2) is 5.55. The molecule has 6 heteroatoms. The highest BCUT2D eigenvalue weighted by atomic mass is 16.2. The summed E-state index contributed by atoms with van der Waals surface area (Å²) in [7, 11) is 1.94. The minimum absolute atomic E-state index is 0.110. The molecule has 0 aromatic carbocycles. The molecule has 2 aromatic rings. The van der Waals surface area contributed by atoms with E-state index in [1.54, 1.807) is 17.1 Å². The van der Waals surface area contributed by atoms with Crippen molar-refractivity contribution in [2.24, 2.45) is 7.05 Å². The van der Waals surface area contributed by atoms with Gasteiger partial charge in [-0.05, 0) is 30.5 Å². The van der Waals surface area contributed by atoms with Crippen LogP contribution in [0.5, 0.6) is 0 Å². The Bertz CT molecular complexity index is 682. The second-order valence-corrected chi connectivity index (χ2v) is 5.37. The van der Waals surface area contributed by atoms with Crippen molar-refractivity contribution in [3.63, 3.8) is 0 Å². The Morgan fingerprint density at radius 1 is 1.38 bits per heavy atom. The van der Waals surface area contributed by atoms with Crippen molar-refractivity contribution in [2.45, 2.75) is 19.9 Å². The molecule has 6 nitrogen and oxygen atoms in total. The second-order valence-electron chi connectivity index (χ2n) is 5.37. The number of aromatic nitrogens is 4. The fraction of sp³-hybridized carbons (Fsp3) is 0.400. The van der Waals surface area contributed by atoms with Gasteiger partial charge in [-0.25, -0.2) is 0 Å². The van der Waals surface area contributed by atoms with Gasteiger partial charge < -0.3 is 4.90 Å². The fourth-order valence-electron chi connectivity index (χ4n) is 2.61. The molecule has 0 unspecified atom stereocenters. The summed E-state index contributed by atoms with van der Waals surface area (Å²) in [6.07, 6.45) is 8.44. The monoisotopic (exact) mass is 285 g/mol. The molecule has 0 saturated heterocycles. The molecule has 2 aromatic heterocycles. The van der Waals surface area contributed by atoms with E-state index in [9.17, 15) is 4.79 Å². The molecule has 110 valence electrons. The number of carbonyl (C=O) groups excluding carboxylic acids is 1. The average molecular weight is 285 g/mol. The van der Waals surface area contributed by atoms with Crippen LogP contribution in [0, 0.1) is 6.92 Å². The summed E-state index contributed by atoms with van der Waals surface area (Å²) >= 11 is 0. The zero-order chi connectivity index (χ0) is 14.8. The number of hydrogen-bond donors (Lipinski definition) is 0. The smallest absolute Gasteiger partial charge is 0.244 e. The third-order valence-corrected chi connectivity index (χ3v) is 3.77. The molecule has 3 rings (SSSR count). The van der Waals surface area contributed by atoms with Gasteiger partial charge in [0.2, 0.25) is 5.91 Å². The first kappa shape index (κ1) is 13.6. The quantitative estimate of drug-likeness (QED) is 0.852. The van der Waals surface area contributed by atoms with Gasteiger partial charge in [-0.2, -0.15) is 10.2 Å². The number of rotatable bonds is 3. The van der Waals surface area contributed by atoms with Crippen LogP contribution in [0.4, 0.5) is 0 Å². The van der Waals surface area contributed by atoms with Crippen LogP contribution in [0.1, 0.15) is 17.7 Å². The Hall–Kier alpha value is -2.37. The molecule has 1 aliphatic heterocycles. The first-order chi connectivity index (χ1) is 10.1. The molecule has 0 radical (unpaired) electrons. The largest absolute Gasteiger partial charge is 0.337 e. The van der Waals surface area contributed by atoms with E-state index in [1.165, 1.54) is 5.57 Å². The lowest BCUT2D eigenvalue weighted by Crippen LogP contribution is -2.37. The summed E-state index contributed by atoms with van der Waals surface area (Å²) in [4.78, 5) is 14.1. The summed E-state index contributed by atoms with van der Waals surface area (Å²) in [6.45, 7) is 3.68. The van der Waals surface area contributed by atoms with Gasteiger partial charge in [-0.15, -0.1) is 0 Å². The van der Waals surface area contributed by atoms with Crippen LogP contribution in [0.15, 0.2) is 30.7 Å². The first-order valence-electron chi connectivity index (χ1n) is 7.08. The van der Waals surface area contributed by atoms with Crippen LogP contribution in [-0.4, -0.2) is 43.5 Å². The summed E-state index contributed by atoms with van der Waals surface area (Å²) in [5.74, 6) is 0.110. The van der Waals surface area contributed by atoms with Crippen molar-refractivity contribution in [1.82, 2.24) is 24.5 Å². The lowest BCUT2D eigenvalue weighted by Gasteiger charge is -2.26. The predicted molar refractivity (Wildman–Crippen MR) is 79.3 cm³/mol. The zero-order valence-electron chi connectivity index (χ0n) is 12.4. The number of hydrogen-bond acceptors (Lipinski definition) is 3. The van der Waals surface area contributed by atoms with Crippen molar-refractivity contribution in [1.29, 1.82) is 0 Å². The minimum atomic E-state index is 0.110. The van der Waals surface area contributed by atoms with Crippen LogP contribution in [-0.2, 0) is 18.4 Å². The molecule has 0 bridgehead atoms. The molecule has 0 spiro atoms. The van der Waals surface area contributed by atoms with E-state index in [4.69, 9.17) is 0 Å². The van der Waals surface area contributed by atoms with Crippen LogP contribution in [0.25, 0.3) is 5.57 Å². The molecule has 21 heavy (non-hydrogen) atoms. The third-order valence-electron chi connectivity index (χ3n) is 3.77. The van der Waals surface area contributed by atoms with Gasteiger partial charge in [-0.3, -0.25) is 14.2 Å². The minimum Gasteiger partial charge on any atom is -0.337 e. The molecule has 1 aliphatic rings. The van der Waals surface area contributed by atoms with Gasteiger partial charge in [0.1, 0.15) is 6.54 Å². The maximum atomic E-state index is 12.3. The SMILES string of the molecule is Cc1cnn(CC(=O)N2CC=C(c3ccnn3C)CC2)c1. The molecule has 1 amide bonds. The normalized spacial score (nSPS) is 15.1. The lowest BCUT2D eigenvalue weighted by molar-refractivity contribution is -0.131. The van der Waals surface area contributed by atoms with Gasteiger partial charge in [0.05, 0.1) is 11.9 Å². The van der Waals surface area contributed by atoms with E-state index in [0.29, 0.717) is 13.1 Å². The number of nitrogens with zero attached hydrogens (tertiary/aromatic N) is 5. The van der Waals surface area contributed by atoms with Crippen molar-refractivity contribution in [3.05, 3.63) is 42.0 Å².